The van der Waals surface area contributed by atoms with Crippen LogP contribution in [0, 0.1) is 17.8 Å². The van der Waals surface area contributed by atoms with Gasteiger partial charge in [0, 0.05) is 43.4 Å². The van der Waals surface area contributed by atoms with Crippen molar-refractivity contribution in [3.63, 3.8) is 0 Å². The number of halogens is 1. The minimum absolute atomic E-state index is 0. The Hall–Kier alpha value is -2.44. The number of hydrogen-bond acceptors (Lipinski definition) is 6. The molecular formula is C20H22ClN3O3. The maximum atomic E-state index is 11.5. The van der Waals surface area contributed by atoms with Crippen LogP contribution in [-0.4, -0.2) is 46.8 Å². The van der Waals surface area contributed by atoms with Crippen LogP contribution in [-0.2, 0) is 6.54 Å². The molecule has 142 valence electrons. The highest BCUT2D eigenvalue weighted by Crippen LogP contribution is 2.51. The van der Waals surface area contributed by atoms with Crippen LogP contribution in [0.2, 0.25) is 0 Å². The fraction of sp³-hybridized carbons (Fsp3) is 0.350. The molecule has 7 heteroatoms. The Kier molecular flexibility index (Phi) is 6.08. The van der Waals surface area contributed by atoms with Gasteiger partial charge in [0.25, 0.3) is 0 Å². The Morgan fingerprint density at radius 1 is 1.22 bits per heavy atom. The number of rotatable bonds is 7. The quantitative estimate of drug-likeness (QED) is 0.342. The Balaban J connectivity index is 0.00000210. The second kappa shape index (κ2) is 8.50. The second-order valence-electron chi connectivity index (χ2n) is 6.98. The predicted molar refractivity (Wildman–Crippen MR) is 104 cm³/mol. The van der Waals surface area contributed by atoms with Gasteiger partial charge in [-0.3, -0.25) is 9.69 Å². The van der Waals surface area contributed by atoms with E-state index >= 15 is 0 Å². The third kappa shape index (κ3) is 4.46. The van der Waals surface area contributed by atoms with Gasteiger partial charge in [-0.2, -0.15) is 0 Å². The molecule has 1 saturated carbocycles. The molecule has 1 aromatic carbocycles. The number of benzene rings is 1. The van der Waals surface area contributed by atoms with E-state index in [9.17, 15) is 4.79 Å². The van der Waals surface area contributed by atoms with Crippen molar-refractivity contribution in [1.82, 2.24) is 9.88 Å². The van der Waals surface area contributed by atoms with E-state index in [1.165, 1.54) is 11.8 Å². The van der Waals surface area contributed by atoms with Gasteiger partial charge in [0.05, 0.1) is 6.61 Å². The van der Waals surface area contributed by atoms with E-state index in [4.69, 9.17) is 9.94 Å². The number of likely N-dealkylation sites (tertiary alicyclic amines) is 1. The van der Waals surface area contributed by atoms with E-state index in [1.54, 1.807) is 12.1 Å². The first kappa shape index (κ1) is 19.3. The van der Waals surface area contributed by atoms with Gasteiger partial charge in [0.1, 0.15) is 6.21 Å². The van der Waals surface area contributed by atoms with Crippen LogP contribution in [0.4, 0.5) is 0 Å². The molecule has 1 aliphatic carbocycles. The van der Waals surface area contributed by atoms with Crippen LogP contribution in [0.15, 0.2) is 53.8 Å². The van der Waals surface area contributed by atoms with Crippen LogP contribution in [0.3, 0.4) is 0 Å². The smallest absolute Gasteiger partial charge is 0.213 e. The first-order valence-corrected chi connectivity index (χ1v) is 8.81. The van der Waals surface area contributed by atoms with Crippen LogP contribution in [0.5, 0.6) is 5.88 Å². The number of oxime groups is 1. The second-order valence-corrected chi connectivity index (χ2v) is 6.98. The summed E-state index contributed by atoms with van der Waals surface area (Å²) >= 11 is 0. The van der Waals surface area contributed by atoms with Crippen LogP contribution < -0.4 is 4.74 Å². The van der Waals surface area contributed by atoms with Crippen LogP contribution >= 0.6 is 12.4 Å². The fourth-order valence-electron chi connectivity index (χ4n) is 3.87. The number of carbonyl (C=O) groups is 1. The first-order valence-electron chi connectivity index (χ1n) is 8.81. The minimum Gasteiger partial charge on any atom is -0.477 e. The van der Waals surface area contributed by atoms with Crippen molar-refractivity contribution in [2.24, 2.45) is 22.9 Å². The van der Waals surface area contributed by atoms with Gasteiger partial charge < -0.3 is 9.94 Å². The minimum atomic E-state index is -0.387. The molecule has 0 unspecified atom stereocenters. The molecule has 2 aromatic rings. The van der Waals surface area contributed by atoms with Gasteiger partial charge in [0.2, 0.25) is 11.7 Å². The molecule has 6 nitrogen and oxygen atoms in total. The number of fused-ring (bicyclic) bond motifs is 1. The molecule has 3 atom stereocenters. The van der Waals surface area contributed by atoms with E-state index in [1.807, 2.05) is 0 Å². The van der Waals surface area contributed by atoms with Crippen molar-refractivity contribution < 1.29 is 14.7 Å². The SMILES string of the molecule is Cl.O=C(C=NO)c1ccc(OC[C@@H]2[C@H]3CN(Cc4ccccc4)C[C@@H]23)nc1. The summed E-state index contributed by atoms with van der Waals surface area (Å²) in [5.74, 6) is 2.18. The van der Waals surface area contributed by atoms with Gasteiger partial charge in [-0.1, -0.05) is 35.5 Å². The van der Waals surface area contributed by atoms with Crippen molar-refractivity contribution in [3.8, 4) is 5.88 Å². The van der Waals surface area contributed by atoms with Crippen LogP contribution in [0.25, 0.3) is 0 Å². The fourth-order valence-corrected chi connectivity index (χ4v) is 3.87. The molecule has 2 aliphatic rings. The van der Waals surface area contributed by atoms with E-state index in [0.717, 1.165) is 37.7 Å². The highest BCUT2D eigenvalue weighted by molar-refractivity contribution is 6.35. The normalized spacial score (nSPS) is 23.6. The van der Waals surface area contributed by atoms with E-state index in [2.05, 4.69) is 45.4 Å². The number of aromatic nitrogens is 1. The highest BCUT2D eigenvalue weighted by atomic mass is 35.5. The zero-order valence-corrected chi connectivity index (χ0v) is 15.6. The number of Topliss-reactive ketones (excluding diaryl/α,β-unsaturated/α-hetero) is 1. The van der Waals surface area contributed by atoms with Gasteiger partial charge >= 0.3 is 0 Å². The van der Waals surface area contributed by atoms with Gasteiger partial charge in [-0.25, -0.2) is 4.98 Å². The Bertz CT molecular complexity index is 786. The molecule has 0 bridgehead atoms. The third-order valence-corrected chi connectivity index (χ3v) is 5.32. The summed E-state index contributed by atoms with van der Waals surface area (Å²) in [6.45, 7) is 3.96. The van der Waals surface area contributed by atoms with Crippen molar-refractivity contribution >= 4 is 24.4 Å². The molecule has 1 N–H and O–H groups in total. The van der Waals surface area contributed by atoms with Gasteiger partial charge in [-0.05, 0) is 23.5 Å². The van der Waals surface area contributed by atoms with E-state index in [0.29, 0.717) is 24.0 Å². The molecular weight excluding hydrogens is 366 g/mol. The number of ketones is 1. The lowest BCUT2D eigenvalue weighted by Crippen LogP contribution is -2.25. The average molecular weight is 388 g/mol. The molecule has 0 spiro atoms. The molecule has 0 radical (unpaired) electrons. The lowest BCUT2D eigenvalue weighted by Gasteiger charge is -2.19. The zero-order chi connectivity index (χ0) is 17.9. The van der Waals surface area contributed by atoms with Crippen molar-refractivity contribution in [2.75, 3.05) is 19.7 Å². The standard InChI is InChI=1S/C20H21N3O3.ClH/c24-19(9-22-25)15-6-7-20(21-8-15)26-13-18-16-11-23(12-17(16)18)10-14-4-2-1-3-5-14;/h1-9,16-18,25H,10-13H2;1H/t16-,17+,18+;. The molecule has 2 fully saturated rings. The first-order chi connectivity index (χ1) is 12.7. The largest absolute Gasteiger partial charge is 0.477 e. The summed E-state index contributed by atoms with van der Waals surface area (Å²) in [6, 6.07) is 13.9. The maximum absolute atomic E-state index is 11.5. The molecule has 27 heavy (non-hydrogen) atoms. The van der Waals surface area contributed by atoms with Crippen molar-refractivity contribution in [1.29, 1.82) is 0 Å². The summed E-state index contributed by atoms with van der Waals surface area (Å²) in [4.78, 5) is 18.2. The number of carbonyl (C=O) groups excluding carboxylic acids is 1. The molecule has 0 amide bonds. The lowest BCUT2D eigenvalue weighted by molar-refractivity contribution is 0.106. The predicted octanol–water partition coefficient (Wildman–Crippen LogP) is 2.90. The molecule has 1 aliphatic heterocycles. The van der Waals surface area contributed by atoms with E-state index < -0.39 is 0 Å². The topological polar surface area (TPSA) is 75.0 Å². The number of hydrogen-bond donors (Lipinski definition) is 1. The summed E-state index contributed by atoms with van der Waals surface area (Å²) in [5.41, 5.74) is 1.74. The summed E-state index contributed by atoms with van der Waals surface area (Å²) in [7, 11) is 0. The summed E-state index contributed by atoms with van der Waals surface area (Å²) in [6.07, 6.45) is 2.29. The average Bonchev–Trinajstić information content (AvgIpc) is 3.12. The lowest BCUT2D eigenvalue weighted by atomic mass is 10.2. The molecule has 2 heterocycles. The number of pyridine rings is 1. The molecule has 1 saturated heterocycles. The maximum Gasteiger partial charge on any atom is 0.213 e. The highest BCUT2D eigenvalue weighted by Gasteiger charge is 2.55. The number of piperidine rings is 1. The summed E-state index contributed by atoms with van der Waals surface area (Å²) < 4.78 is 5.79. The monoisotopic (exact) mass is 387 g/mol. The Morgan fingerprint density at radius 3 is 2.59 bits per heavy atom. The Labute approximate surface area is 164 Å². The van der Waals surface area contributed by atoms with E-state index in [-0.39, 0.29) is 18.2 Å². The number of nitrogens with zero attached hydrogens (tertiary/aromatic N) is 3. The number of ether oxygens (including phenoxy) is 1. The van der Waals surface area contributed by atoms with Crippen molar-refractivity contribution in [2.45, 2.75) is 6.54 Å². The molecule has 1 aromatic heterocycles. The van der Waals surface area contributed by atoms with Crippen LogP contribution in [0.1, 0.15) is 15.9 Å². The van der Waals surface area contributed by atoms with Crippen molar-refractivity contribution in [3.05, 3.63) is 59.8 Å². The summed E-state index contributed by atoms with van der Waals surface area (Å²) in [5, 5.41) is 11.1. The van der Waals surface area contributed by atoms with Gasteiger partial charge in [-0.15, -0.1) is 12.4 Å². The molecule has 4 rings (SSSR count). The Morgan fingerprint density at radius 2 is 1.96 bits per heavy atom. The zero-order valence-electron chi connectivity index (χ0n) is 14.8. The van der Waals surface area contributed by atoms with Gasteiger partial charge in [0.15, 0.2) is 0 Å². The third-order valence-electron chi connectivity index (χ3n) is 5.32.